The minimum atomic E-state index is -0.471. The molecule has 128 valence electrons. The number of carbonyl (C=O) groups excluding carboxylic acids is 1. The molecule has 0 fully saturated rings. The smallest absolute Gasteiger partial charge is 0.234 e. The van der Waals surface area contributed by atoms with Crippen molar-refractivity contribution in [3.63, 3.8) is 0 Å². The molecule has 0 spiro atoms. The molecular weight excluding hydrogens is 346 g/mol. The van der Waals surface area contributed by atoms with Gasteiger partial charge in [-0.1, -0.05) is 12.1 Å². The normalized spacial score (nSPS) is 10.6. The Bertz CT molecular complexity index is 866. The van der Waals surface area contributed by atoms with Gasteiger partial charge in [0.1, 0.15) is 17.9 Å². The van der Waals surface area contributed by atoms with E-state index in [4.69, 9.17) is 4.42 Å². The highest BCUT2D eigenvalue weighted by atomic mass is 32.2. The van der Waals surface area contributed by atoms with Crippen molar-refractivity contribution < 1.29 is 18.0 Å². The molecular formula is C18H14F2N2O2S. The lowest BCUT2D eigenvalue weighted by molar-refractivity contribution is -0.113. The van der Waals surface area contributed by atoms with Crippen LogP contribution >= 0.6 is 11.8 Å². The quantitative estimate of drug-likeness (QED) is 0.704. The summed E-state index contributed by atoms with van der Waals surface area (Å²) in [7, 11) is 0. The van der Waals surface area contributed by atoms with Gasteiger partial charge in [0, 0.05) is 11.3 Å². The molecule has 1 heterocycles. The molecule has 0 aliphatic carbocycles. The number of nitrogens with one attached hydrogen (secondary N) is 1. The van der Waals surface area contributed by atoms with Gasteiger partial charge in [-0.25, -0.2) is 13.8 Å². The summed E-state index contributed by atoms with van der Waals surface area (Å²) < 4.78 is 31.7. The molecule has 0 unspecified atom stereocenters. The first-order valence-corrected chi connectivity index (χ1v) is 8.60. The molecule has 7 heteroatoms. The number of oxazole rings is 1. The van der Waals surface area contributed by atoms with Crippen molar-refractivity contribution >= 4 is 23.4 Å². The summed E-state index contributed by atoms with van der Waals surface area (Å²) in [6, 6.07) is 11.8. The predicted molar refractivity (Wildman–Crippen MR) is 93.1 cm³/mol. The highest BCUT2D eigenvalue weighted by Gasteiger charge is 2.09. The zero-order chi connectivity index (χ0) is 17.6. The van der Waals surface area contributed by atoms with Gasteiger partial charge in [-0.3, -0.25) is 4.79 Å². The van der Waals surface area contributed by atoms with Gasteiger partial charge in [0.05, 0.1) is 17.1 Å². The van der Waals surface area contributed by atoms with Crippen LogP contribution in [0.15, 0.2) is 59.2 Å². The lowest BCUT2D eigenvalue weighted by Gasteiger charge is -2.05. The van der Waals surface area contributed by atoms with Crippen molar-refractivity contribution in [1.29, 1.82) is 0 Å². The number of benzene rings is 2. The maximum absolute atomic E-state index is 13.5. The number of amides is 1. The minimum absolute atomic E-state index is 0.160. The fraction of sp³-hybridized carbons (Fsp3) is 0.111. The van der Waals surface area contributed by atoms with E-state index in [9.17, 15) is 13.6 Å². The molecule has 25 heavy (non-hydrogen) atoms. The van der Waals surface area contributed by atoms with Crippen LogP contribution in [0, 0.1) is 11.6 Å². The van der Waals surface area contributed by atoms with E-state index in [2.05, 4.69) is 10.3 Å². The molecule has 0 saturated heterocycles. The number of halogens is 2. The van der Waals surface area contributed by atoms with Gasteiger partial charge < -0.3 is 9.73 Å². The molecule has 3 aromatic rings. The van der Waals surface area contributed by atoms with E-state index in [1.807, 2.05) is 0 Å². The predicted octanol–water partition coefficient (Wildman–Crippen LogP) is 4.49. The summed E-state index contributed by atoms with van der Waals surface area (Å²) >= 11 is 1.33. The van der Waals surface area contributed by atoms with E-state index in [0.717, 1.165) is 0 Å². The number of thioether (sulfide) groups is 1. The SMILES string of the molecule is O=C(CSCc1coc(-c2ccc(F)cc2)n1)Nc1ccccc1F. The molecule has 0 aliphatic heterocycles. The Labute approximate surface area is 147 Å². The summed E-state index contributed by atoms with van der Waals surface area (Å²) in [4.78, 5) is 16.1. The Balaban J connectivity index is 1.50. The Hall–Kier alpha value is -2.67. The van der Waals surface area contributed by atoms with Crippen LogP contribution in [0.4, 0.5) is 14.5 Å². The summed E-state index contributed by atoms with van der Waals surface area (Å²) in [5.41, 5.74) is 1.51. The Kier molecular flexibility index (Phi) is 5.45. The fourth-order valence-corrected chi connectivity index (χ4v) is 2.80. The lowest BCUT2D eigenvalue weighted by atomic mass is 10.2. The lowest BCUT2D eigenvalue weighted by Crippen LogP contribution is -2.15. The minimum Gasteiger partial charge on any atom is -0.444 e. The van der Waals surface area contributed by atoms with E-state index in [0.29, 0.717) is 22.9 Å². The van der Waals surface area contributed by atoms with Crippen LogP contribution in [-0.2, 0) is 10.5 Å². The summed E-state index contributed by atoms with van der Waals surface area (Å²) in [6.45, 7) is 0. The molecule has 0 bridgehead atoms. The molecule has 1 aromatic heterocycles. The number of aromatic nitrogens is 1. The van der Waals surface area contributed by atoms with Crippen molar-refractivity contribution in [2.75, 3.05) is 11.1 Å². The van der Waals surface area contributed by atoms with Crippen LogP contribution in [0.3, 0.4) is 0 Å². The van der Waals surface area contributed by atoms with E-state index < -0.39 is 5.82 Å². The van der Waals surface area contributed by atoms with Crippen molar-refractivity contribution in [2.45, 2.75) is 5.75 Å². The molecule has 2 aromatic carbocycles. The number of anilines is 1. The van der Waals surface area contributed by atoms with Gasteiger partial charge in [0.2, 0.25) is 11.8 Å². The first kappa shape index (κ1) is 17.2. The zero-order valence-electron chi connectivity index (χ0n) is 13.0. The molecule has 0 aliphatic rings. The molecule has 1 N–H and O–H groups in total. The molecule has 0 atom stereocenters. The third kappa shape index (κ3) is 4.67. The number of hydrogen-bond donors (Lipinski definition) is 1. The van der Waals surface area contributed by atoms with Crippen molar-refractivity contribution in [2.24, 2.45) is 0 Å². The van der Waals surface area contributed by atoms with Gasteiger partial charge in [-0.15, -0.1) is 11.8 Å². The third-order valence-electron chi connectivity index (χ3n) is 3.27. The maximum atomic E-state index is 13.5. The zero-order valence-corrected chi connectivity index (χ0v) is 13.9. The number of rotatable bonds is 6. The molecule has 0 radical (unpaired) electrons. The van der Waals surface area contributed by atoms with Crippen LogP contribution in [0.5, 0.6) is 0 Å². The number of hydrogen-bond acceptors (Lipinski definition) is 4. The van der Waals surface area contributed by atoms with Gasteiger partial charge in [0.15, 0.2) is 0 Å². The molecule has 4 nitrogen and oxygen atoms in total. The van der Waals surface area contributed by atoms with Crippen LogP contribution in [0.2, 0.25) is 0 Å². The molecule has 0 saturated carbocycles. The van der Waals surface area contributed by atoms with Crippen molar-refractivity contribution in [1.82, 2.24) is 4.98 Å². The molecule has 3 rings (SSSR count). The van der Waals surface area contributed by atoms with Crippen LogP contribution in [0.25, 0.3) is 11.5 Å². The molecule has 1 amide bonds. The average molecular weight is 360 g/mol. The van der Waals surface area contributed by atoms with Gasteiger partial charge in [-0.2, -0.15) is 0 Å². The number of nitrogens with zero attached hydrogens (tertiary/aromatic N) is 1. The fourth-order valence-electron chi connectivity index (χ4n) is 2.10. The largest absolute Gasteiger partial charge is 0.444 e. The van der Waals surface area contributed by atoms with Gasteiger partial charge in [-0.05, 0) is 36.4 Å². The number of carbonyl (C=O) groups is 1. The maximum Gasteiger partial charge on any atom is 0.234 e. The Morgan fingerprint density at radius 2 is 1.88 bits per heavy atom. The highest BCUT2D eigenvalue weighted by Crippen LogP contribution is 2.21. The van der Waals surface area contributed by atoms with E-state index in [1.165, 1.54) is 42.3 Å². The second-order valence-electron chi connectivity index (χ2n) is 5.17. The first-order valence-electron chi connectivity index (χ1n) is 7.44. The topological polar surface area (TPSA) is 55.1 Å². The van der Waals surface area contributed by atoms with E-state index in [1.54, 1.807) is 24.3 Å². The van der Waals surface area contributed by atoms with Crippen LogP contribution < -0.4 is 5.32 Å². The summed E-state index contributed by atoms with van der Waals surface area (Å²) in [5.74, 6) is -0.0698. The van der Waals surface area contributed by atoms with Crippen molar-refractivity contribution in [3.05, 3.63) is 72.1 Å². The summed E-state index contributed by atoms with van der Waals surface area (Å²) in [5, 5.41) is 2.52. The van der Waals surface area contributed by atoms with Gasteiger partial charge >= 0.3 is 0 Å². The van der Waals surface area contributed by atoms with Crippen LogP contribution in [0.1, 0.15) is 5.69 Å². The Morgan fingerprint density at radius 3 is 2.64 bits per heavy atom. The number of para-hydroxylation sites is 1. The summed E-state index contributed by atoms with van der Waals surface area (Å²) in [6.07, 6.45) is 1.50. The van der Waals surface area contributed by atoms with Crippen LogP contribution in [-0.4, -0.2) is 16.6 Å². The first-order chi connectivity index (χ1) is 12.1. The average Bonchev–Trinajstić information content (AvgIpc) is 3.06. The second kappa shape index (κ2) is 7.94. The Morgan fingerprint density at radius 1 is 1.12 bits per heavy atom. The van der Waals surface area contributed by atoms with E-state index in [-0.39, 0.29) is 23.2 Å². The highest BCUT2D eigenvalue weighted by molar-refractivity contribution is 7.99. The third-order valence-corrected chi connectivity index (χ3v) is 4.24. The standard InChI is InChI=1S/C18H14F2N2O2S/c19-13-7-5-12(6-8-13)18-21-14(9-24-18)10-25-11-17(23)22-16-4-2-1-3-15(16)20/h1-9H,10-11H2,(H,22,23). The second-order valence-corrected chi connectivity index (χ2v) is 6.16. The van der Waals surface area contributed by atoms with Crippen molar-refractivity contribution in [3.8, 4) is 11.5 Å². The van der Waals surface area contributed by atoms with Gasteiger partial charge in [0.25, 0.3) is 0 Å². The van der Waals surface area contributed by atoms with E-state index >= 15 is 0 Å². The monoisotopic (exact) mass is 360 g/mol.